The second kappa shape index (κ2) is 4.48. The largest absolute Gasteiger partial charge is 0.481 e. The van der Waals surface area contributed by atoms with Crippen molar-refractivity contribution in [3.05, 3.63) is 16.3 Å². The van der Waals surface area contributed by atoms with Gasteiger partial charge in [0.15, 0.2) is 0 Å². The maximum atomic E-state index is 10.8. The van der Waals surface area contributed by atoms with Gasteiger partial charge in [-0.25, -0.2) is 4.68 Å². The number of aliphatic carboxylic acids is 1. The minimum Gasteiger partial charge on any atom is -0.481 e. The van der Waals surface area contributed by atoms with Crippen molar-refractivity contribution >= 4 is 11.8 Å². The summed E-state index contributed by atoms with van der Waals surface area (Å²) in [5.41, 5.74) is 0. The molecule has 1 saturated carbocycles. The Morgan fingerprint density at radius 2 is 2.12 bits per heavy atom. The Hall–Kier alpha value is -1.99. The Bertz CT molecular complexity index is 436. The van der Waals surface area contributed by atoms with Gasteiger partial charge in [0.05, 0.1) is 17.2 Å². The molecule has 0 unspecified atom stereocenters. The first kappa shape index (κ1) is 11.5. The van der Waals surface area contributed by atoms with Crippen molar-refractivity contribution in [3.63, 3.8) is 0 Å². The fraction of sp³-hybridized carbons (Fsp3) is 0.667. The van der Waals surface area contributed by atoms with Gasteiger partial charge >= 0.3 is 11.8 Å². The Labute approximate surface area is 96.4 Å². The lowest BCUT2D eigenvalue weighted by molar-refractivity contribution is -0.389. The molecular formula is C9H12N4O4. The van der Waals surface area contributed by atoms with Crippen LogP contribution in [0.15, 0.2) is 6.20 Å². The van der Waals surface area contributed by atoms with Crippen molar-refractivity contribution in [2.24, 2.45) is 5.92 Å². The maximum absolute atomic E-state index is 10.8. The summed E-state index contributed by atoms with van der Waals surface area (Å²) >= 11 is 0. The van der Waals surface area contributed by atoms with Gasteiger partial charge in [-0.2, -0.15) is 0 Å². The molecule has 1 aliphatic rings. The van der Waals surface area contributed by atoms with Crippen molar-refractivity contribution in [1.82, 2.24) is 15.0 Å². The number of nitrogens with zero attached hydrogens (tertiary/aromatic N) is 4. The molecule has 1 aliphatic carbocycles. The van der Waals surface area contributed by atoms with Crippen LogP contribution in [-0.2, 0) is 4.79 Å². The summed E-state index contributed by atoms with van der Waals surface area (Å²) in [5.74, 6) is -1.34. The Balaban J connectivity index is 2.00. The second-order valence-corrected chi connectivity index (χ2v) is 4.16. The molecule has 8 heteroatoms. The summed E-state index contributed by atoms with van der Waals surface area (Å²) in [5, 5.41) is 26.4. The first-order valence-corrected chi connectivity index (χ1v) is 5.37. The third-order valence-electron chi connectivity index (χ3n) is 3.11. The first-order valence-electron chi connectivity index (χ1n) is 5.37. The number of aromatic nitrogens is 3. The molecule has 0 radical (unpaired) electrons. The molecule has 2 rings (SSSR count). The van der Waals surface area contributed by atoms with E-state index in [1.807, 2.05) is 0 Å². The van der Waals surface area contributed by atoms with E-state index in [9.17, 15) is 14.9 Å². The average molecular weight is 240 g/mol. The van der Waals surface area contributed by atoms with Crippen LogP contribution < -0.4 is 0 Å². The van der Waals surface area contributed by atoms with E-state index >= 15 is 0 Å². The monoisotopic (exact) mass is 240 g/mol. The van der Waals surface area contributed by atoms with Crippen LogP contribution in [-0.4, -0.2) is 31.0 Å². The van der Waals surface area contributed by atoms with Gasteiger partial charge in [-0.05, 0) is 30.6 Å². The van der Waals surface area contributed by atoms with Gasteiger partial charge < -0.3 is 15.2 Å². The van der Waals surface area contributed by atoms with E-state index in [1.165, 1.54) is 10.9 Å². The molecular weight excluding hydrogens is 228 g/mol. The highest BCUT2D eigenvalue weighted by Crippen LogP contribution is 2.32. The number of carboxylic acids is 1. The minimum absolute atomic E-state index is 0.0202. The third-order valence-corrected chi connectivity index (χ3v) is 3.11. The zero-order valence-corrected chi connectivity index (χ0v) is 9.02. The fourth-order valence-electron chi connectivity index (χ4n) is 2.12. The summed E-state index contributed by atoms with van der Waals surface area (Å²) < 4.78 is 1.47. The zero-order chi connectivity index (χ0) is 12.4. The normalized spacial score (nSPS) is 24.5. The second-order valence-electron chi connectivity index (χ2n) is 4.16. The summed E-state index contributed by atoms with van der Waals surface area (Å²) in [7, 11) is 0. The van der Waals surface area contributed by atoms with Gasteiger partial charge in [0.25, 0.3) is 0 Å². The van der Waals surface area contributed by atoms with Crippen LogP contribution in [0.2, 0.25) is 0 Å². The van der Waals surface area contributed by atoms with E-state index in [4.69, 9.17) is 5.11 Å². The molecule has 92 valence electrons. The Morgan fingerprint density at radius 3 is 2.59 bits per heavy atom. The lowest BCUT2D eigenvalue weighted by Crippen LogP contribution is -2.23. The molecule has 1 fully saturated rings. The molecule has 0 amide bonds. The molecule has 1 heterocycles. The summed E-state index contributed by atoms with van der Waals surface area (Å²) in [6, 6.07) is 0.0202. The fourth-order valence-corrected chi connectivity index (χ4v) is 2.12. The zero-order valence-electron chi connectivity index (χ0n) is 9.02. The van der Waals surface area contributed by atoms with E-state index in [2.05, 4.69) is 10.3 Å². The van der Waals surface area contributed by atoms with Crippen molar-refractivity contribution in [2.75, 3.05) is 0 Å². The van der Waals surface area contributed by atoms with Gasteiger partial charge in [0, 0.05) is 0 Å². The van der Waals surface area contributed by atoms with Crippen molar-refractivity contribution < 1.29 is 14.8 Å². The van der Waals surface area contributed by atoms with Crippen LogP contribution in [0.3, 0.4) is 0 Å². The highest BCUT2D eigenvalue weighted by molar-refractivity contribution is 5.70. The lowest BCUT2D eigenvalue weighted by atomic mass is 9.86. The highest BCUT2D eigenvalue weighted by atomic mass is 16.6. The van der Waals surface area contributed by atoms with Gasteiger partial charge in [-0.1, -0.05) is 0 Å². The van der Waals surface area contributed by atoms with Crippen molar-refractivity contribution in [2.45, 2.75) is 31.7 Å². The number of carboxylic acid groups (broad SMARTS) is 1. The Morgan fingerprint density at radius 1 is 1.47 bits per heavy atom. The topological polar surface area (TPSA) is 111 Å². The number of carbonyl (C=O) groups is 1. The minimum atomic E-state index is -0.770. The molecule has 0 aliphatic heterocycles. The third kappa shape index (κ3) is 2.40. The molecule has 1 N–H and O–H groups in total. The first-order chi connectivity index (χ1) is 8.08. The summed E-state index contributed by atoms with van der Waals surface area (Å²) in [6.45, 7) is 0. The number of hydrogen-bond donors (Lipinski definition) is 1. The molecule has 0 aromatic carbocycles. The number of rotatable bonds is 3. The van der Waals surface area contributed by atoms with Crippen LogP contribution in [0, 0.1) is 16.0 Å². The highest BCUT2D eigenvalue weighted by Gasteiger charge is 2.28. The summed E-state index contributed by atoms with van der Waals surface area (Å²) in [6.07, 6.45) is 3.78. The van der Waals surface area contributed by atoms with Gasteiger partial charge in [-0.3, -0.25) is 4.79 Å². The smallest absolute Gasteiger partial charge is 0.410 e. The number of nitro groups is 1. The van der Waals surface area contributed by atoms with Gasteiger partial charge in [0.1, 0.15) is 11.3 Å². The number of hydrogen-bond acceptors (Lipinski definition) is 5. The predicted molar refractivity (Wildman–Crippen MR) is 55.3 cm³/mol. The standard InChI is InChI=1S/C9H12N4O4/c14-9(15)6-1-3-7(4-2-6)12-5-8(10-11-12)13(16)17/h5-7H,1-4H2,(H,14,15). The van der Waals surface area contributed by atoms with E-state index in [1.54, 1.807) is 0 Å². The van der Waals surface area contributed by atoms with E-state index in [0.717, 1.165) is 0 Å². The van der Waals surface area contributed by atoms with E-state index < -0.39 is 10.9 Å². The average Bonchev–Trinajstić information content (AvgIpc) is 2.78. The molecule has 0 saturated heterocycles. The molecule has 8 nitrogen and oxygen atoms in total. The van der Waals surface area contributed by atoms with Crippen LogP contribution in [0.4, 0.5) is 5.82 Å². The molecule has 17 heavy (non-hydrogen) atoms. The van der Waals surface area contributed by atoms with Crippen LogP contribution in [0.25, 0.3) is 0 Å². The lowest BCUT2D eigenvalue weighted by Gasteiger charge is -2.24. The molecule has 1 aromatic rings. The van der Waals surface area contributed by atoms with Gasteiger partial charge in [0.2, 0.25) is 0 Å². The quantitative estimate of drug-likeness (QED) is 0.623. The van der Waals surface area contributed by atoms with Crippen molar-refractivity contribution in [3.8, 4) is 0 Å². The van der Waals surface area contributed by atoms with Crippen LogP contribution >= 0.6 is 0 Å². The van der Waals surface area contributed by atoms with E-state index in [0.29, 0.717) is 25.7 Å². The van der Waals surface area contributed by atoms with E-state index in [-0.39, 0.29) is 17.8 Å². The summed E-state index contributed by atoms with van der Waals surface area (Å²) in [4.78, 5) is 20.6. The SMILES string of the molecule is O=C(O)C1CCC(n2cc([N+](=O)[O-])nn2)CC1. The maximum Gasteiger partial charge on any atom is 0.410 e. The molecule has 0 atom stereocenters. The van der Waals surface area contributed by atoms with Crippen LogP contribution in [0.1, 0.15) is 31.7 Å². The predicted octanol–water partition coefficient (Wildman–Crippen LogP) is 1.00. The van der Waals surface area contributed by atoms with Crippen LogP contribution in [0.5, 0.6) is 0 Å². The molecule has 1 aromatic heterocycles. The Kier molecular flexibility index (Phi) is 3.03. The van der Waals surface area contributed by atoms with Gasteiger partial charge in [-0.15, -0.1) is 0 Å². The van der Waals surface area contributed by atoms with Crippen molar-refractivity contribution in [1.29, 1.82) is 0 Å². The molecule has 0 spiro atoms. The molecule has 0 bridgehead atoms.